The Morgan fingerprint density at radius 3 is 2.88 bits per heavy atom. The van der Waals surface area contributed by atoms with Crippen LogP contribution in [0.15, 0.2) is 42.6 Å². The molecule has 2 fully saturated rings. The van der Waals surface area contributed by atoms with Gasteiger partial charge in [-0.1, -0.05) is 6.07 Å². The second-order valence-electron chi connectivity index (χ2n) is 6.12. The number of carbonyl (C=O) groups is 2. The molecule has 0 unspecified atom stereocenters. The minimum Gasteiger partial charge on any atom is -0.447 e. The lowest BCUT2D eigenvalue weighted by molar-refractivity contribution is 0.102. The summed E-state index contributed by atoms with van der Waals surface area (Å²) in [6.45, 7) is 0.889. The van der Waals surface area contributed by atoms with Gasteiger partial charge in [0, 0.05) is 29.2 Å². The zero-order valence-electron chi connectivity index (χ0n) is 13.6. The van der Waals surface area contributed by atoms with Gasteiger partial charge in [0.25, 0.3) is 5.91 Å². The minimum atomic E-state index is -0.367. The number of amides is 2. The average molecular weight is 338 g/mol. The summed E-state index contributed by atoms with van der Waals surface area (Å²) in [5, 5.41) is 6.14. The van der Waals surface area contributed by atoms with Gasteiger partial charge in [-0.15, -0.1) is 0 Å². The quantitative estimate of drug-likeness (QED) is 0.876. The number of nitrogens with zero attached hydrogens (tertiary/aromatic N) is 2. The largest absolute Gasteiger partial charge is 0.447 e. The van der Waals surface area contributed by atoms with Crippen molar-refractivity contribution in [3.8, 4) is 0 Å². The van der Waals surface area contributed by atoms with E-state index in [2.05, 4.69) is 15.6 Å². The van der Waals surface area contributed by atoms with Crippen molar-refractivity contribution in [2.24, 2.45) is 0 Å². The topological polar surface area (TPSA) is 83.6 Å². The molecule has 0 bridgehead atoms. The Hall–Kier alpha value is -3.09. The number of hydrogen-bond donors (Lipinski definition) is 2. The van der Waals surface area contributed by atoms with Crippen molar-refractivity contribution < 1.29 is 14.3 Å². The number of ether oxygens (including phenoxy) is 1. The highest BCUT2D eigenvalue weighted by molar-refractivity contribution is 6.05. The molecule has 1 aromatic carbocycles. The van der Waals surface area contributed by atoms with Gasteiger partial charge in [-0.05, 0) is 43.2 Å². The van der Waals surface area contributed by atoms with Crippen LogP contribution in [0.25, 0.3) is 0 Å². The fourth-order valence-electron chi connectivity index (χ4n) is 2.67. The van der Waals surface area contributed by atoms with Crippen molar-refractivity contribution >= 4 is 29.2 Å². The van der Waals surface area contributed by atoms with Crippen molar-refractivity contribution in [1.82, 2.24) is 4.98 Å². The number of pyridine rings is 1. The van der Waals surface area contributed by atoms with Gasteiger partial charge in [-0.3, -0.25) is 9.69 Å². The van der Waals surface area contributed by atoms with Crippen LogP contribution in [-0.2, 0) is 4.74 Å². The van der Waals surface area contributed by atoms with Gasteiger partial charge in [-0.2, -0.15) is 0 Å². The molecule has 1 aliphatic carbocycles. The second-order valence-corrected chi connectivity index (χ2v) is 6.12. The first-order chi connectivity index (χ1) is 12.2. The fourth-order valence-corrected chi connectivity index (χ4v) is 2.67. The first-order valence-corrected chi connectivity index (χ1v) is 8.27. The lowest BCUT2D eigenvalue weighted by Gasteiger charge is -2.14. The summed E-state index contributed by atoms with van der Waals surface area (Å²) < 4.78 is 4.95. The predicted octanol–water partition coefficient (Wildman–Crippen LogP) is 2.86. The zero-order valence-corrected chi connectivity index (χ0v) is 13.6. The molecule has 25 heavy (non-hydrogen) atoms. The van der Waals surface area contributed by atoms with E-state index in [-0.39, 0.29) is 12.0 Å². The summed E-state index contributed by atoms with van der Waals surface area (Å²) in [5.74, 6) is 0.492. The Morgan fingerprint density at radius 1 is 1.24 bits per heavy atom. The summed E-state index contributed by atoms with van der Waals surface area (Å²) in [7, 11) is 0. The molecule has 2 N–H and O–H groups in total. The zero-order chi connectivity index (χ0) is 17.2. The third-order valence-electron chi connectivity index (χ3n) is 4.13. The SMILES string of the molecule is O=C(Nc1cccc(N2CCOC2=O)c1)c1ccnc(NC2CC2)c1. The third kappa shape index (κ3) is 3.55. The van der Waals surface area contributed by atoms with E-state index in [1.807, 2.05) is 6.07 Å². The molecule has 1 aliphatic heterocycles. The second kappa shape index (κ2) is 6.43. The molecule has 1 saturated heterocycles. The average Bonchev–Trinajstić information content (AvgIpc) is 3.33. The first kappa shape index (κ1) is 15.4. The number of hydrogen-bond acceptors (Lipinski definition) is 5. The molecule has 2 aliphatic rings. The first-order valence-electron chi connectivity index (χ1n) is 8.27. The van der Waals surface area contributed by atoms with Gasteiger partial charge < -0.3 is 15.4 Å². The molecule has 2 heterocycles. The van der Waals surface area contributed by atoms with Crippen molar-refractivity contribution in [2.75, 3.05) is 28.7 Å². The number of carbonyl (C=O) groups excluding carboxylic acids is 2. The number of benzene rings is 1. The maximum Gasteiger partial charge on any atom is 0.414 e. The molecule has 1 saturated carbocycles. The third-order valence-corrected chi connectivity index (χ3v) is 4.13. The van der Waals surface area contributed by atoms with Crippen LogP contribution in [0.1, 0.15) is 23.2 Å². The van der Waals surface area contributed by atoms with E-state index in [9.17, 15) is 9.59 Å². The molecule has 0 atom stereocenters. The summed E-state index contributed by atoms with van der Waals surface area (Å²) in [4.78, 5) is 29.9. The molecule has 128 valence electrons. The number of cyclic esters (lactones) is 1. The normalized spacial score (nSPS) is 16.5. The molecule has 0 spiro atoms. The number of anilines is 3. The van der Waals surface area contributed by atoms with Crippen LogP contribution in [0.2, 0.25) is 0 Å². The standard InChI is InChI=1S/C18H18N4O3/c23-17(12-6-7-19-16(10-12)20-13-4-5-13)21-14-2-1-3-15(11-14)22-8-9-25-18(22)24/h1-3,6-7,10-11,13H,4-5,8-9H2,(H,19,20)(H,21,23). The lowest BCUT2D eigenvalue weighted by atomic mass is 10.2. The fraction of sp³-hybridized carbons (Fsp3) is 0.278. The van der Waals surface area contributed by atoms with E-state index in [4.69, 9.17) is 4.74 Å². The van der Waals surface area contributed by atoms with Gasteiger partial charge in [0.15, 0.2) is 0 Å². The number of rotatable bonds is 5. The summed E-state index contributed by atoms with van der Waals surface area (Å²) in [6, 6.07) is 11.0. The molecule has 1 aromatic heterocycles. The van der Waals surface area contributed by atoms with Crippen LogP contribution in [0.4, 0.5) is 22.0 Å². The van der Waals surface area contributed by atoms with Gasteiger partial charge in [-0.25, -0.2) is 9.78 Å². The Morgan fingerprint density at radius 2 is 2.12 bits per heavy atom. The van der Waals surface area contributed by atoms with E-state index in [0.29, 0.717) is 41.9 Å². The molecule has 2 amide bonds. The summed E-state index contributed by atoms with van der Waals surface area (Å²) >= 11 is 0. The van der Waals surface area contributed by atoms with Crippen molar-refractivity contribution in [3.63, 3.8) is 0 Å². The molecular formula is C18H18N4O3. The van der Waals surface area contributed by atoms with Gasteiger partial charge in [0.1, 0.15) is 12.4 Å². The molecular weight excluding hydrogens is 320 g/mol. The minimum absolute atomic E-state index is 0.220. The lowest BCUT2D eigenvalue weighted by Crippen LogP contribution is -2.23. The highest BCUT2D eigenvalue weighted by Crippen LogP contribution is 2.25. The van der Waals surface area contributed by atoms with Crippen molar-refractivity contribution in [1.29, 1.82) is 0 Å². The highest BCUT2D eigenvalue weighted by atomic mass is 16.6. The molecule has 7 nitrogen and oxygen atoms in total. The van der Waals surface area contributed by atoms with Gasteiger partial charge in [0.05, 0.1) is 6.54 Å². The highest BCUT2D eigenvalue weighted by Gasteiger charge is 2.24. The van der Waals surface area contributed by atoms with E-state index >= 15 is 0 Å². The van der Waals surface area contributed by atoms with Gasteiger partial charge >= 0.3 is 6.09 Å². The molecule has 2 aromatic rings. The monoisotopic (exact) mass is 338 g/mol. The van der Waals surface area contributed by atoms with Crippen LogP contribution in [0.5, 0.6) is 0 Å². The van der Waals surface area contributed by atoms with E-state index in [1.54, 1.807) is 41.4 Å². The maximum atomic E-state index is 12.5. The predicted molar refractivity (Wildman–Crippen MR) is 94.0 cm³/mol. The molecule has 7 heteroatoms. The van der Waals surface area contributed by atoms with Crippen LogP contribution in [-0.4, -0.2) is 36.2 Å². The Balaban J connectivity index is 1.48. The van der Waals surface area contributed by atoms with Gasteiger partial charge in [0.2, 0.25) is 0 Å². The van der Waals surface area contributed by atoms with Crippen LogP contribution < -0.4 is 15.5 Å². The van der Waals surface area contributed by atoms with Crippen molar-refractivity contribution in [2.45, 2.75) is 18.9 Å². The molecule has 0 radical (unpaired) electrons. The summed E-state index contributed by atoms with van der Waals surface area (Å²) in [5.41, 5.74) is 1.85. The van der Waals surface area contributed by atoms with E-state index < -0.39 is 0 Å². The Kier molecular flexibility index (Phi) is 3.97. The van der Waals surface area contributed by atoms with Crippen LogP contribution in [0, 0.1) is 0 Å². The van der Waals surface area contributed by atoms with Crippen LogP contribution in [0.3, 0.4) is 0 Å². The van der Waals surface area contributed by atoms with Crippen LogP contribution >= 0.6 is 0 Å². The maximum absolute atomic E-state index is 12.5. The van der Waals surface area contributed by atoms with E-state index in [1.165, 1.54) is 0 Å². The number of aromatic nitrogens is 1. The number of nitrogens with one attached hydrogen (secondary N) is 2. The van der Waals surface area contributed by atoms with E-state index in [0.717, 1.165) is 12.8 Å². The summed E-state index contributed by atoms with van der Waals surface area (Å²) in [6.07, 6.45) is 3.54. The Labute approximate surface area is 145 Å². The smallest absolute Gasteiger partial charge is 0.414 e. The van der Waals surface area contributed by atoms with Crippen molar-refractivity contribution in [3.05, 3.63) is 48.2 Å². The molecule has 4 rings (SSSR count). The Bertz CT molecular complexity index is 819.